The molecule has 4 heteroatoms. The maximum Gasteiger partial charge on any atom is 0.0525 e. The summed E-state index contributed by atoms with van der Waals surface area (Å²) in [4.78, 5) is 4.35. The Kier molecular flexibility index (Phi) is 4.68. The smallest absolute Gasteiger partial charge is 0.0525 e. The molecule has 0 aliphatic rings. The lowest BCUT2D eigenvalue weighted by Gasteiger charge is -2.18. The normalized spacial score (nSPS) is 12.4. The van der Waals surface area contributed by atoms with Gasteiger partial charge in [-0.15, -0.1) is 0 Å². The zero-order valence-corrected chi connectivity index (χ0v) is 12.4. The fourth-order valence-electron chi connectivity index (χ4n) is 1.93. The minimum absolute atomic E-state index is 0.0895. The van der Waals surface area contributed by atoms with Gasteiger partial charge >= 0.3 is 0 Å². The summed E-state index contributed by atoms with van der Waals surface area (Å²) in [6.07, 6.45) is 2.60. The molecule has 1 atom stereocenters. The second kappa shape index (κ2) is 6.26. The Bertz CT molecular complexity index is 514. The zero-order valence-electron chi connectivity index (χ0n) is 10.2. The molecule has 0 bridgehead atoms. The van der Waals surface area contributed by atoms with Gasteiger partial charge in [-0.1, -0.05) is 24.3 Å². The lowest BCUT2D eigenvalue weighted by Crippen LogP contribution is -2.30. The molecule has 2 rings (SSSR count). The Morgan fingerprint density at radius 3 is 2.78 bits per heavy atom. The molecule has 0 fully saturated rings. The van der Waals surface area contributed by atoms with Crippen molar-refractivity contribution in [3.63, 3.8) is 0 Å². The van der Waals surface area contributed by atoms with Crippen LogP contribution in [0.25, 0.3) is 0 Å². The molecule has 3 N–H and O–H groups in total. The van der Waals surface area contributed by atoms with Crippen molar-refractivity contribution in [1.82, 2.24) is 10.4 Å². The van der Waals surface area contributed by atoms with Gasteiger partial charge < -0.3 is 0 Å². The zero-order chi connectivity index (χ0) is 13.0. The maximum atomic E-state index is 5.69. The number of nitrogens with two attached hydrogens (primary N) is 1. The van der Waals surface area contributed by atoms with Crippen LogP contribution in [0.15, 0.2) is 42.6 Å². The van der Waals surface area contributed by atoms with E-state index in [2.05, 4.69) is 58.1 Å². The fraction of sp³-hybridized carbons (Fsp3) is 0.214. The number of nitrogens with one attached hydrogen (secondary N) is 1. The molecule has 0 aliphatic heterocycles. The predicted octanol–water partition coefficient (Wildman–Crippen LogP) is 2.74. The molecule has 0 aliphatic carbocycles. The number of rotatable bonds is 4. The molecule has 1 aromatic carbocycles. The first-order chi connectivity index (χ1) is 8.72. The Morgan fingerprint density at radius 2 is 2.11 bits per heavy atom. The molecule has 1 unspecified atom stereocenters. The number of nitrogens with zero attached hydrogens (tertiary/aromatic N) is 1. The molecule has 18 heavy (non-hydrogen) atoms. The van der Waals surface area contributed by atoms with Gasteiger partial charge in [0.25, 0.3) is 0 Å². The third-order valence-corrected chi connectivity index (χ3v) is 4.41. The second-order valence-corrected chi connectivity index (χ2v) is 5.30. The van der Waals surface area contributed by atoms with Crippen LogP contribution in [0, 0.1) is 10.5 Å². The summed E-state index contributed by atoms with van der Waals surface area (Å²) in [5.41, 5.74) is 6.43. The van der Waals surface area contributed by atoms with Crippen molar-refractivity contribution in [2.75, 3.05) is 0 Å². The van der Waals surface area contributed by atoms with E-state index in [-0.39, 0.29) is 6.04 Å². The van der Waals surface area contributed by atoms with Crippen LogP contribution in [0.1, 0.15) is 22.9 Å². The van der Waals surface area contributed by atoms with Gasteiger partial charge in [-0.3, -0.25) is 16.3 Å². The van der Waals surface area contributed by atoms with Crippen molar-refractivity contribution in [1.29, 1.82) is 0 Å². The van der Waals surface area contributed by atoms with Gasteiger partial charge in [0.2, 0.25) is 0 Å². The van der Waals surface area contributed by atoms with Crippen LogP contribution in [-0.4, -0.2) is 4.98 Å². The van der Waals surface area contributed by atoms with Crippen molar-refractivity contribution < 1.29 is 0 Å². The Hall–Kier alpha value is -0.980. The molecule has 94 valence electrons. The highest BCUT2D eigenvalue weighted by Crippen LogP contribution is 2.24. The van der Waals surface area contributed by atoms with Crippen LogP contribution in [0.5, 0.6) is 0 Å². The molecule has 2 aromatic rings. The largest absolute Gasteiger partial charge is 0.271 e. The summed E-state index contributed by atoms with van der Waals surface area (Å²) in [5, 5.41) is 0. The van der Waals surface area contributed by atoms with Crippen molar-refractivity contribution >= 4 is 22.6 Å². The van der Waals surface area contributed by atoms with E-state index in [0.717, 1.165) is 12.1 Å². The average Bonchev–Trinajstić information content (AvgIpc) is 2.41. The number of aromatic nitrogens is 1. The van der Waals surface area contributed by atoms with Crippen LogP contribution >= 0.6 is 22.6 Å². The van der Waals surface area contributed by atoms with Crippen LogP contribution in [0.2, 0.25) is 0 Å². The number of hydrazine groups is 1. The van der Waals surface area contributed by atoms with Crippen LogP contribution in [0.3, 0.4) is 0 Å². The number of aryl methyl sites for hydroxylation is 1. The third kappa shape index (κ3) is 3.07. The van der Waals surface area contributed by atoms with E-state index in [1.807, 2.05) is 24.4 Å². The number of halogens is 1. The SMILES string of the molecule is Cc1cccc(C(Cc2ccccn2)NN)c1I. The number of hydrogen-bond acceptors (Lipinski definition) is 3. The van der Waals surface area contributed by atoms with Gasteiger partial charge in [0.05, 0.1) is 6.04 Å². The Balaban J connectivity index is 2.26. The Labute approximate surface area is 121 Å². The summed E-state index contributed by atoms with van der Waals surface area (Å²) < 4.78 is 1.26. The van der Waals surface area contributed by atoms with Gasteiger partial charge in [-0.2, -0.15) is 0 Å². The standard InChI is InChI=1S/C14H16IN3/c1-10-5-4-7-12(14(10)15)13(18-16)9-11-6-2-3-8-17-11/h2-8,13,18H,9,16H2,1H3. The van der Waals surface area contributed by atoms with E-state index >= 15 is 0 Å². The molecule has 0 amide bonds. The molecular weight excluding hydrogens is 337 g/mol. The number of hydrogen-bond donors (Lipinski definition) is 2. The first-order valence-corrected chi connectivity index (χ1v) is 6.91. The van der Waals surface area contributed by atoms with Gasteiger partial charge in [-0.25, -0.2) is 0 Å². The van der Waals surface area contributed by atoms with Crippen LogP contribution < -0.4 is 11.3 Å². The highest BCUT2D eigenvalue weighted by atomic mass is 127. The lowest BCUT2D eigenvalue weighted by atomic mass is 10.0. The second-order valence-electron chi connectivity index (χ2n) is 4.22. The highest BCUT2D eigenvalue weighted by molar-refractivity contribution is 14.1. The van der Waals surface area contributed by atoms with Crippen molar-refractivity contribution in [2.24, 2.45) is 5.84 Å². The minimum atomic E-state index is 0.0895. The molecule has 0 radical (unpaired) electrons. The molecule has 1 heterocycles. The fourth-order valence-corrected chi connectivity index (χ4v) is 2.66. The quantitative estimate of drug-likeness (QED) is 0.505. The van der Waals surface area contributed by atoms with Crippen LogP contribution in [-0.2, 0) is 6.42 Å². The third-order valence-electron chi connectivity index (χ3n) is 2.94. The van der Waals surface area contributed by atoms with Crippen molar-refractivity contribution in [3.05, 3.63) is 63.0 Å². The molecule has 0 saturated heterocycles. The Morgan fingerprint density at radius 1 is 1.28 bits per heavy atom. The lowest BCUT2D eigenvalue weighted by molar-refractivity contribution is 0.543. The summed E-state index contributed by atoms with van der Waals surface area (Å²) in [7, 11) is 0. The predicted molar refractivity (Wildman–Crippen MR) is 81.9 cm³/mol. The maximum absolute atomic E-state index is 5.69. The van der Waals surface area contributed by atoms with Crippen molar-refractivity contribution in [3.8, 4) is 0 Å². The molecule has 1 aromatic heterocycles. The molecule has 0 spiro atoms. The average molecular weight is 353 g/mol. The number of benzene rings is 1. The van der Waals surface area contributed by atoms with Gasteiger partial charge in [0.15, 0.2) is 0 Å². The number of pyridine rings is 1. The topological polar surface area (TPSA) is 50.9 Å². The highest BCUT2D eigenvalue weighted by Gasteiger charge is 2.15. The van der Waals surface area contributed by atoms with E-state index in [1.165, 1.54) is 14.7 Å². The summed E-state index contributed by atoms with van der Waals surface area (Å²) in [6.45, 7) is 2.11. The first-order valence-electron chi connectivity index (χ1n) is 5.83. The summed E-state index contributed by atoms with van der Waals surface area (Å²) >= 11 is 2.37. The van der Waals surface area contributed by atoms with Gasteiger partial charge in [0.1, 0.15) is 0 Å². The summed E-state index contributed by atoms with van der Waals surface area (Å²) in [6, 6.07) is 12.3. The monoisotopic (exact) mass is 353 g/mol. The van der Waals surface area contributed by atoms with E-state index in [4.69, 9.17) is 5.84 Å². The first kappa shape index (κ1) is 13.5. The minimum Gasteiger partial charge on any atom is -0.271 e. The van der Waals surface area contributed by atoms with E-state index in [9.17, 15) is 0 Å². The van der Waals surface area contributed by atoms with Gasteiger partial charge in [-0.05, 0) is 52.8 Å². The molecule has 0 saturated carbocycles. The van der Waals surface area contributed by atoms with Crippen LogP contribution in [0.4, 0.5) is 0 Å². The van der Waals surface area contributed by atoms with Crippen molar-refractivity contribution in [2.45, 2.75) is 19.4 Å². The molecule has 3 nitrogen and oxygen atoms in total. The van der Waals surface area contributed by atoms with E-state index < -0.39 is 0 Å². The van der Waals surface area contributed by atoms with E-state index in [1.54, 1.807) is 0 Å². The molecular formula is C14H16IN3. The van der Waals surface area contributed by atoms with Gasteiger partial charge in [0, 0.05) is 21.9 Å². The summed E-state index contributed by atoms with van der Waals surface area (Å²) in [5.74, 6) is 5.69. The van der Waals surface area contributed by atoms with E-state index in [0.29, 0.717) is 0 Å².